The van der Waals surface area contributed by atoms with E-state index in [9.17, 15) is 4.79 Å². The number of hydrogen-bond donors (Lipinski definition) is 0. The number of nitrogens with zero attached hydrogens (tertiary/aromatic N) is 1. The molecule has 3 aromatic rings. The van der Waals surface area contributed by atoms with E-state index in [1.807, 2.05) is 78.9 Å². The Morgan fingerprint density at radius 1 is 1.00 bits per heavy atom. The van der Waals surface area contributed by atoms with Crippen molar-refractivity contribution in [3.8, 4) is 17.2 Å². The second-order valence-corrected chi connectivity index (χ2v) is 7.01. The lowest BCUT2D eigenvalue weighted by atomic mass is 10.0. The van der Waals surface area contributed by atoms with Crippen LogP contribution in [0.4, 0.5) is 0 Å². The Bertz CT molecular complexity index is 1080. The predicted octanol–water partition coefficient (Wildman–Crippen LogP) is 4.62. The number of para-hydroxylation sites is 1. The van der Waals surface area contributed by atoms with Crippen molar-refractivity contribution >= 4 is 17.6 Å². The summed E-state index contributed by atoms with van der Waals surface area (Å²) in [6.45, 7) is 0.679. The van der Waals surface area contributed by atoms with Crippen molar-refractivity contribution < 1.29 is 19.0 Å². The van der Waals surface area contributed by atoms with E-state index in [2.05, 4.69) is 0 Å². The molecule has 0 atom stereocenters. The molecule has 30 heavy (non-hydrogen) atoms. The molecule has 0 bridgehead atoms. The van der Waals surface area contributed by atoms with Crippen LogP contribution in [-0.2, 0) is 11.3 Å². The van der Waals surface area contributed by atoms with Crippen LogP contribution in [0.5, 0.6) is 17.2 Å². The fourth-order valence-corrected chi connectivity index (χ4v) is 3.42. The van der Waals surface area contributed by atoms with Crippen LogP contribution in [0.15, 0.2) is 72.8 Å². The molecule has 0 aliphatic carbocycles. The molecular formula is C25H23NO4. The van der Waals surface area contributed by atoms with Crippen molar-refractivity contribution in [2.75, 3.05) is 21.0 Å². The van der Waals surface area contributed by atoms with E-state index in [1.54, 1.807) is 19.1 Å². The summed E-state index contributed by atoms with van der Waals surface area (Å²) < 4.78 is 16.3. The topological polar surface area (TPSA) is 48.0 Å². The van der Waals surface area contributed by atoms with Gasteiger partial charge in [-0.15, -0.1) is 0 Å². The van der Waals surface area contributed by atoms with Crippen LogP contribution in [-0.4, -0.2) is 31.8 Å². The minimum absolute atomic E-state index is 0.0789. The van der Waals surface area contributed by atoms with E-state index in [0.29, 0.717) is 17.9 Å². The van der Waals surface area contributed by atoms with Gasteiger partial charge in [-0.1, -0.05) is 54.6 Å². The summed E-state index contributed by atoms with van der Waals surface area (Å²) in [6.07, 6.45) is 1.88. The van der Waals surface area contributed by atoms with Crippen LogP contribution in [0.3, 0.4) is 0 Å². The third-order valence-corrected chi connectivity index (χ3v) is 4.96. The SMILES string of the molecule is COc1ccccc1C=C(C(=O)N(C)Cc1ccc2c(c1)OCO2)c1ccccc1. The van der Waals surface area contributed by atoms with Crippen molar-refractivity contribution in [3.63, 3.8) is 0 Å². The maximum absolute atomic E-state index is 13.4. The maximum Gasteiger partial charge on any atom is 0.254 e. The summed E-state index contributed by atoms with van der Waals surface area (Å²) in [4.78, 5) is 15.1. The molecule has 3 aromatic carbocycles. The van der Waals surface area contributed by atoms with Crippen LogP contribution in [0.2, 0.25) is 0 Å². The fraction of sp³-hybridized carbons (Fsp3) is 0.160. The third-order valence-electron chi connectivity index (χ3n) is 4.96. The van der Waals surface area contributed by atoms with Gasteiger partial charge in [0.2, 0.25) is 6.79 Å². The average Bonchev–Trinajstić information content (AvgIpc) is 3.25. The van der Waals surface area contributed by atoms with E-state index >= 15 is 0 Å². The number of carbonyl (C=O) groups is 1. The maximum atomic E-state index is 13.4. The first-order valence-electron chi connectivity index (χ1n) is 9.70. The van der Waals surface area contributed by atoms with Crippen LogP contribution in [0, 0.1) is 0 Å². The molecule has 0 unspecified atom stereocenters. The van der Waals surface area contributed by atoms with E-state index in [1.165, 1.54) is 0 Å². The van der Waals surface area contributed by atoms with Gasteiger partial charge in [0, 0.05) is 24.7 Å². The summed E-state index contributed by atoms with van der Waals surface area (Å²) in [5.74, 6) is 2.08. The number of amides is 1. The standard InChI is InChI=1S/C25H23NO4/c1-26(16-18-12-13-23-24(14-18)30-17-29-23)25(27)21(19-8-4-3-5-9-19)15-20-10-6-7-11-22(20)28-2/h3-15H,16-17H2,1-2H3. The zero-order chi connectivity index (χ0) is 20.9. The molecule has 0 radical (unpaired) electrons. The molecule has 0 saturated heterocycles. The van der Waals surface area contributed by atoms with Gasteiger partial charge in [-0.2, -0.15) is 0 Å². The van der Waals surface area contributed by atoms with Crippen LogP contribution in [0.1, 0.15) is 16.7 Å². The number of carbonyl (C=O) groups excluding carboxylic acids is 1. The molecule has 1 aliphatic rings. The quantitative estimate of drug-likeness (QED) is 0.447. The number of likely N-dealkylation sites (N-methyl/N-ethyl adjacent to an activating group) is 1. The smallest absolute Gasteiger partial charge is 0.254 e. The summed E-state index contributed by atoms with van der Waals surface area (Å²) in [5.41, 5.74) is 3.28. The van der Waals surface area contributed by atoms with Crippen LogP contribution in [0.25, 0.3) is 11.6 Å². The van der Waals surface area contributed by atoms with Gasteiger partial charge >= 0.3 is 0 Å². The van der Waals surface area contributed by atoms with Crippen molar-refractivity contribution in [1.29, 1.82) is 0 Å². The molecule has 0 fully saturated rings. The summed E-state index contributed by atoms with van der Waals surface area (Å²) in [6, 6.07) is 23.1. The molecule has 5 nitrogen and oxygen atoms in total. The van der Waals surface area contributed by atoms with Gasteiger partial charge in [0.25, 0.3) is 5.91 Å². The number of ether oxygens (including phenoxy) is 3. The minimum Gasteiger partial charge on any atom is -0.496 e. The highest BCUT2D eigenvalue weighted by molar-refractivity contribution is 6.24. The second kappa shape index (κ2) is 8.74. The molecule has 0 saturated carbocycles. The largest absolute Gasteiger partial charge is 0.496 e. The Morgan fingerprint density at radius 3 is 2.53 bits per heavy atom. The minimum atomic E-state index is -0.0789. The van der Waals surface area contributed by atoms with Crippen molar-refractivity contribution in [2.24, 2.45) is 0 Å². The van der Waals surface area contributed by atoms with Crippen molar-refractivity contribution in [3.05, 3.63) is 89.5 Å². The average molecular weight is 401 g/mol. The van der Waals surface area contributed by atoms with E-state index in [0.717, 1.165) is 28.2 Å². The van der Waals surface area contributed by atoms with E-state index in [4.69, 9.17) is 14.2 Å². The summed E-state index contributed by atoms with van der Waals surface area (Å²) in [5, 5.41) is 0. The number of rotatable bonds is 6. The first-order chi connectivity index (χ1) is 14.7. The highest BCUT2D eigenvalue weighted by Crippen LogP contribution is 2.33. The predicted molar refractivity (Wildman–Crippen MR) is 116 cm³/mol. The second-order valence-electron chi connectivity index (χ2n) is 7.01. The van der Waals surface area contributed by atoms with Gasteiger partial charge in [-0.25, -0.2) is 0 Å². The fourth-order valence-electron chi connectivity index (χ4n) is 3.42. The first kappa shape index (κ1) is 19.6. The van der Waals surface area contributed by atoms with Gasteiger partial charge in [0.05, 0.1) is 7.11 Å². The lowest BCUT2D eigenvalue weighted by molar-refractivity contribution is -0.124. The number of hydrogen-bond acceptors (Lipinski definition) is 4. The molecule has 5 heteroatoms. The lowest BCUT2D eigenvalue weighted by Crippen LogP contribution is -2.27. The Morgan fingerprint density at radius 2 is 1.73 bits per heavy atom. The highest BCUT2D eigenvalue weighted by atomic mass is 16.7. The monoisotopic (exact) mass is 401 g/mol. The third kappa shape index (κ3) is 4.15. The Hall–Kier alpha value is -3.73. The Balaban J connectivity index is 1.65. The van der Waals surface area contributed by atoms with E-state index < -0.39 is 0 Å². The normalized spacial score (nSPS) is 12.5. The van der Waals surface area contributed by atoms with E-state index in [-0.39, 0.29) is 12.7 Å². The van der Waals surface area contributed by atoms with Gasteiger partial charge < -0.3 is 19.1 Å². The zero-order valence-corrected chi connectivity index (χ0v) is 17.0. The van der Waals surface area contributed by atoms with Gasteiger partial charge in [0.1, 0.15) is 5.75 Å². The van der Waals surface area contributed by atoms with Crippen molar-refractivity contribution in [1.82, 2.24) is 4.90 Å². The number of methoxy groups -OCH3 is 1. The summed E-state index contributed by atoms with van der Waals surface area (Å²) in [7, 11) is 3.42. The van der Waals surface area contributed by atoms with Crippen LogP contribution < -0.4 is 14.2 Å². The molecule has 1 heterocycles. The first-order valence-corrected chi connectivity index (χ1v) is 9.70. The number of fused-ring (bicyclic) bond motifs is 1. The Kier molecular flexibility index (Phi) is 5.70. The number of benzene rings is 3. The van der Waals surface area contributed by atoms with Gasteiger partial charge in [0.15, 0.2) is 11.5 Å². The molecule has 1 amide bonds. The lowest BCUT2D eigenvalue weighted by Gasteiger charge is -2.20. The van der Waals surface area contributed by atoms with Gasteiger partial charge in [-0.3, -0.25) is 4.79 Å². The molecule has 0 spiro atoms. The molecule has 0 aromatic heterocycles. The molecule has 152 valence electrons. The highest BCUT2D eigenvalue weighted by Gasteiger charge is 2.19. The molecule has 1 aliphatic heterocycles. The molecule has 0 N–H and O–H groups in total. The Labute approximate surface area is 176 Å². The summed E-state index contributed by atoms with van der Waals surface area (Å²) >= 11 is 0. The molecule has 4 rings (SSSR count). The zero-order valence-electron chi connectivity index (χ0n) is 17.0. The molecular weight excluding hydrogens is 378 g/mol. The van der Waals surface area contributed by atoms with Crippen LogP contribution >= 0.6 is 0 Å². The van der Waals surface area contributed by atoms with Gasteiger partial charge in [-0.05, 0) is 35.4 Å². The van der Waals surface area contributed by atoms with Crippen molar-refractivity contribution in [2.45, 2.75) is 6.54 Å².